The van der Waals surface area contributed by atoms with E-state index in [9.17, 15) is 17.6 Å². The minimum Gasteiger partial charge on any atom is -0.313 e. The zero-order valence-corrected chi connectivity index (χ0v) is 7.77. The second kappa shape index (κ2) is 4.29. The summed E-state index contributed by atoms with van der Waals surface area (Å²) in [6, 6.07) is 2.27. The average Bonchev–Trinajstić information content (AvgIpc) is 2.14. The second-order valence-electron chi connectivity index (χ2n) is 2.72. The van der Waals surface area contributed by atoms with Gasteiger partial charge in [-0.05, 0) is 18.2 Å². The van der Waals surface area contributed by atoms with Crippen molar-refractivity contribution in [2.45, 2.75) is 6.18 Å². The van der Waals surface area contributed by atoms with Crippen molar-refractivity contribution < 1.29 is 17.6 Å². The zero-order valence-electron chi connectivity index (χ0n) is 7.77. The van der Waals surface area contributed by atoms with Crippen LogP contribution in [0.3, 0.4) is 0 Å². The number of alkyl halides is 3. The monoisotopic (exact) mass is 220 g/mol. The third-order valence-electron chi connectivity index (χ3n) is 1.66. The first-order valence-corrected chi connectivity index (χ1v) is 4.01. The molecule has 15 heavy (non-hydrogen) atoms. The van der Waals surface area contributed by atoms with Crippen molar-refractivity contribution in [3.05, 3.63) is 35.1 Å². The molecule has 0 saturated heterocycles. The fourth-order valence-corrected chi connectivity index (χ4v) is 0.942. The molecule has 0 atom stereocenters. The molecule has 1 aromatic carbocycles. The minimum absolute atomic E-state index is 0.00245. The van der Waals surface area contributed by atoms with Crippen LogP contribution in [0.25, 0.3) is 0 Å². The van der Waals surface area contributed by atoms with E-state index in [0.29, 0.717) is 6.07 Å². The molecule has 82 valence electrons. The molecule has 0 unspecified atom stereocenters. The van der Waals surface area contributed by atoms with Crippen LogP contribution in [0.15, 0.2) is 23.3 Å². The van der Waals surface area contributed by atoms with Crippen molar-refractivity contribution in [2.75, 3.05) is 7.05 Å². The number of benzene rings is 1. The Labute approximate surface area is 83.6 Å². The molecule has 0 heterocycles. The molecule has 0 aromatic heterocycles. The quantitative estimate of drug-likeness (QED) is 0.462. The fraction of sp³-hybridized carbons (Fsp3) is 0.222. The first-order valence-electron chi connectivity index (χ1n) is 4.01. The van der Waals surface area contributed by atoms with Crippen molar-refractivity contribution in [3.8, 4) is 0 Å². The van der Waals surface area contributed by atoms with Crippen molar-refractivity contribution >= 4 is 6.21 Å². The van der Waals surface area contributed by atoms with E-state index in [0.717, 1.165) is 18.3 Å². The lowest BCUT2D eigenvalue weighted by molar-refractivity contribution is -0.137. The number of hydrazone groups is 1. The van der Waals surface area contributed by atoms with E-state index < -0.39 is 17.6 Å². The maximum atomic E-state index is 13.1. The van der Waals surface area contributed by atoms with Gasteiger partial charge < -0.3 is 5.43 Å². The summed E-state index contributed by atoms with van der Waals surface area (Å²) in [7, 11) is 1.50. The summed E-state index contributed by atoms with van der Waals surface area (Å²) in [6.45, 7) is 0. The molecule has 2 nitrogen and oxygen atoms in total. The predicted octanol–water partition coefficient (Wildman–Crippen LogP) is 2.40. The topological polar surface area (TPSA) is 24.4 Å². The highest BCUT2D eigenvalue weighted by molar-refractivity contribution is 5.79. The molecular weight excluding hydrogens is 212 g/mol. The summed E-state index contributed by atoms with van der Waals surface area (Å²) in [6.07, 6.45) is -3.42. The Balaban J connectivity index is 3.04. The summed E-state index contributed by atoms with van der Waals surface area (Å²) < 4.78 is 49.5. The maximum Gasteiger partial charge on any atom is 0.416 e. The number of rotatable bonds is 2. The molecule has 0 saturated carbocycles. The van der Waals surface area contributed by atoms with Crippen molar-refractivity contribution in [3.63, 3.8) is 0 Å². The molecule has 0 radical (unpaired) electrons. The van der Waals surface area contributed by atoms with Crippen LogP contribution in [0.4, 0.5) is 17.6 Å². The second-order valence-corrected chi connectivity index (χ2v) is 2.72. The SMILES string of the molecule is CN/N=C/c1ccc(C(F)(F)F)cc1F. The van der Waals surface area contributed by atoms with Gasteiger partial charge in [0.1, 0.15) is 5.82 Å². The van der Waals surface area contributed by atoms with Gasteiger partial charge in [0.25, 0.3) is 0 Å². The average molecular weight is 220 g/mol. The molecule has 0 aliphatic rings. The molecule has 1 aromatic rings. The van der Waals surface area contributed by atoms with Gasteiger partial charge in [0, 0.05) is 12.6 Å². The lowest BCUT2D eigenvalue weighted by atomic mass is 10.1. The van der Waals surface area contributed by atoms with E-state index in [4.69, 9.17) is 0 Å². The number of halogens is 4. The van der Waals surface area contributed by atoms with Gasteiger partial charge in [-0.25, -0.2) is 4.39 Å². The summed E-state index contributed by atoms with van der Waals surface area (Å²) in [4.78, 5) is 0. The molecule has 1 N–H and O–H groups in total. The van der Waals surface area contributed by atoms with E-state index in [1.54, 1.807) is 0 Å². The Bertz CT molecular complexity index is 371. The van der Waals surface area contributed by atoms with Crippen LogP contribution in [-0.2, 0) is 6.18 Å². The van der Waals surface area contributed by atoms with E-state index >= 15 is 0 Å². The lowest BCUT2D eigenvalue weighted by Crippen LogP contribution is -2.06. The fourth-order valence-electron chi connectivity index (χ4n) is 0.942. The van der Waals surface area contributed by atoms with E-state index in [1.165, 1.54) is 7.05 Å². The van der Waals surface area contributed by atoms with Crippen LogP contribution in [-0.4, -0.2) is 13.3 Å². The van der Waals surface area contributed by atoms with Gasteiger partial charge >= 0.3 is 6.18 Å². The van der Waals surface area contributed by atoms with Crippen LogP contribution in [0.1, 0.15) is 11.1 Å². The van der Waals surface area contributed by atoms with Crippen LogP contribution in [0, 0.1) is 5.82 Å². The molecular formula is C9H8F4N2. The molecule has 0 fully saturated rings. The van der Waals surface area contributed by atoms with Crippen LogP contribution in [0.2, 0.25) is 0 Å². The normalized spacial score (nSPS) is 12.1. The smallest absolute Gasteiger partial charge is 0.313 e. The molecule has 1 rings (SSSR count). The summed E-state index contributed by atoms with van der Waals surface area (Å²) >= 11 is 0. The number of hydrogen-bond acceptors (Lipinski definition) is 2. The van der Waals surface area contributed by atoms with Gasteiger partial charge in [-0.1, -0.05) is 0 Å². The lowest BCUT2D eigenvalue weighted by Gasteiger charge is -2.06. The molecule has 6 heteroatoms. The van der Waals surface area contributed by atoms with Crippen molar-refractivity contribution in [1.82, 2.24) is 5.43 Å². The highest BCUT2D eigenvalue weighted by atomic mass is 19.4. The largest absolute Gasteiger partial charge is 0.416 e. The Morgan fingerprint density at radius 2 is 2.00 bits per heavy atom. The molecule has 0 aliphatic carbocycles. The van der Waals surface area contributed by atoms with Crippen LogP contribution >= 0.6 is 0 Å². The maximum absolute atomic E-state index is 13.1. The number of hydrogen-bond donors (Lipinski definition) is 1. The minimum atomic E-state index is -4.53. The Morgan fingerprint density at radius 1 is 1.33 bits per heavy atom. The van der Waals surface area contributed by atoms with Crippen LogP contribution < -0.4 is 5.43 Å². The predicted molar refractivity (Wildman–Crippen MR) is 48.1 cm³/mol. The third kappa shape index (κ3) is 2.93. The van der Waals surface area contributed by atoms with Gasteiger partial charge in [-0.3, -0.25) is 0 Å². The Morgan fingerprint density at radius 3 is 2.47 bits per heavy atom. The highest BCUT2D eigenvalue weighted by Gasteiger charge is 2.30. The Hall–Kier alpha value is -1.59. The molecule has 0 bridgehead atoms. The zero-order chi connectivity index (χ0) is 11.5. The highest BCUT2D eigenvalue weighted by Crippen LogP contribution is 2.29. The summed E-state index contributed by atoms with van der Waals surface area (Å²) in [5.41, 5.74) is 1.35. The van der Waals surface area contributed by atoms with Gasteiger partial charge in [-0.15, -0.1) is 0 Å². The van der Waals surface area contributed by atoms with Gasteiger partial charge in [0.15, 0.2) is 0 Å². The van der Waals surface area contributed by atoms with Gasteiger partial charge in [0.05, 0.1) is 11.8 Å². The van der Waals surface area contributed by atoms with E-state index in [1.807, 2.05) is 0 Å². The third-order valence-corrected chi connectivity index (χ3v) is 1.66. The van der Waals surface area contributed by atoms with Gasteiger partial charge in [-0.2, -0.15) is 18.3 Å². The van der Waals surface area contributed by atoms with Crippen molar-refractivity contribution in [1.29, 1.82) is 0 Å². The standard InChI is InChI=1S/C9H8F4N2/c1-14-15-5-6-2-3-7(4-8(6)10)9(11,12)13/h2-5,14H,1H3/b15-5+. The first-order chi connectivity index (χ1) is 6.95. The summed E-state index contributed by atoms with van der Waals surface area (Å²) in [5.74, 6) is -0.955. The molecule has 0 amide bonds. The molecule has 0 aliphatic heterocycles. The Kier molecular flexibility index (Phi) is 3.28. The van der Waals surface area contributed by atoms with Crippen LogP contribution in [0.5, 0.6) is 0 Å². The number of nitrogens with zero attached hydrogens (tertiary/aromatic N) is 1. The van der Waals surface area contributed by atoms with Gasteiger partial charge in [0.2, 0.25) is 0 Å². The summed E-state index contributed by atoms with van der Waals surface area (Å²) in [5, 5.41) is 3.50. The van der Waals surface area contributed by atoms with E-state index in [2.05, 4.69) is 10.5 Å². The van der Waals surface area contributed by atoms with E-state index in [-0.39, 0.29) is 5.56 Å². The number of nitrogens with one attached hydrogen (secondary N) is 1. The molecule has 0 spiro atoms. The van der Waals surface area contributed by atoms with Crippen molar-refractivity contribution in [2.24, 2.45) is 5.10 Å². The first kappa shape index (κ1) is 11.5.